The second kappa shape index (κ2) is 3.17. The van der Waals surface area contributed by atoms with E-state index in [1.165, 1.54) is 0 Å². The second-order valence-electron chi connectivity index (χ2n) is 5.44. The molecule has 0 aromatic carbocycles. The molecule has 0 aromatic heterocycles. The third kappa shape index (κ3) is 1.67. The molecular weight excluding hydrogens is 212 g/mol. The summed E-state index contributed by atoms with van der Waals surface area (Å²) in [6.45, 7) is 8.09. The largest absolute Gasteiger partial charge is 0.348 e. The minimum absolute atomic E-state index is 0.0841. The molecular formula is C11H18O5. The van der Waals surface area contributed by atoms with E-state index in [-0.39, 0.29) is 24.6 Å². The van der Waals surface area contributed by atoms with Crippen molar-refractivity contribution in [2.24, 2.45) is 0 Å². The Labute approximate surface area is 94.9 Å². The fourth-order valence-electron chi connectivity index (χ4n) is 2.47. The van der Waals surface area contributed by atoms with Crippen molar-refractivity contribution in [2.45, 2.75) is 63.9 Å². The number of hydrogen-bond acceptors (Lipinski definition) is 5. The highest BCUT2D eigenvalue weighted by atomic mass is 16.9. The zero-order valence-corrected chi connectivity index (χ0v) is 10.1. The van der Waals surface area contributed by atoms with Gasteiger partial charge in [0.15, 0.2) is 17.9 Å². The van der Waals surface area contributed by atoms with E-state index in [1.54, 1.807) is 0 Å². The van der Waals surface area contributed by atoms with E-state index >= 15 is 0 Å². The maximum atomic E-state index is 5.85. The first-order chi connectivity index (χ1) is 7.36. The summed E-state index contributed by atoms with van der Waals surface area (Å²) in [5.41, 5.74) is 0. The van der Waals surface area contributed by atoms with Crippen molar-refractivity contribution in [3.8, 4) is 0 Å². The lowest BCUT2D eigenvalue weighted by Crippen LogP contribution is -2.50. The van der Waals surface area contributed by atoms with Crippen molar-refractivity contribution in [2.75, 3.05) is 6.61 Å². The van der Waals surface area contributed by atoms with Crippen LogP contribution in [-0.4, -0.2) is 42.8 Å². The Morgan fingerprint density at radius 2 is 1.56 bits per heavy atom. The maximum Gasteiger partial charge on any atom is 0.190 e. The molecule has 4 atom stereocenters. The third-order valence-corrected chi connectivity index (χ3v) is 3.10. The first-order valence-corrected chi connectivity index (χ1v) is 5.69. The van der Waals surface area contributed by atoms with Crippen molar-refractivity contribution in [1.29, 1.82) is 0 Å². The summed E-state index contributed by atoms with van der Waals surface area (Å²) in [5.74, 6) is -1.17. The van der Waals surface area contributed by atoms with Gasteiger partial charge in [0.05, 0.1) is 6.61 Å². The first kappa shape index (κ1) is 10.9. The molecule has 3 heterocycles. The fraction of sp³-hybridized carbons (Fsp3) is 1.00. The first-order valence-electron chi connectivity index (χ1n) is 5.69. The lowest BCUT2D eigenvalue weighted by Gasteiger charge is -2.38. The van der Waals surface area contributed by atoms with E-state index in [4.69, 9.17) is 23.7 Å². The van der Waals surface area contributed by atoms with E-state index in [1.807, 2.05) is 27.7 Å². The Bertz CT molecular complexity index is 301. The van der Waals surface area contributed by atoms with Gasteiger partial charge in [0.2, 0.25) is 0 Å². The summed E-state index contributed by atoms with van der Waals surface area (Å²) in [6, 6.07) is 0. The van der Waals surface area contributed by atoms with E-state index < -0.39 is 11.6 Å². The Hall–Kier alpha value is -0.200. The summed E-state index contributed by atoms with van der Waals surface area (Å²) in [4.78, 5) is 0. The van der Waals surface area contributed by atoms with Gasteiger partial charge >= 0.3 is 0 Å². The highest BCUT2D eigenvalue weighted by Crippen LogP contribution is 2.42. The topological polar surface area (TPSA) is 46.2 Å². The minimum Gasteiger partial charge on any atom is -0.348 e. The minimum atomic E-state index is -0.591. The van der Waals surface area contributed by atoms with Crippen LogP contribution in [0.2, 0.25) is 0 Å². The van der Waals surface area contributed by atoms with Crippen LogP contribution < -0.4 is 0 Å². The highest BCUT2D eigenvalue weighted by Gasteiger charge is 2.58. The van der Waals surface area contributed by atoms with Gasteiger partial charge < -0.3 is 23.7 Å². The molecule has 5 heteroatoms. The van der Waals surface area contributed by atoms with Crippen LogP contribution in [0.15, 0.2) is 0 Å². The fourth-order valence-corrected chi connectivity index (χ4v) is 2.47. The Morgan fingerprint density at radius 3 is 2.31 bits per heavy atom. The summed E-state index contributed by atoms with van der Waals surface area (Å²) < 4.78 is 28.6. The summed E-state index contributed by atoms with van der Waals surface area (Å²) in [5, 5.41) is 0. The maximum absolute atomic E-state index is 5.85. The standard InChI is InChI=1S/C11H18O5/c1-10(2)12-5-6-7(14-10)8-9(13-6)16-11(3,4)15-8/h6-9H,5H2,1-4H3/t6-,7?,8-,9-/m0/s1. The summed E-state index contributed by atoms with van der Waals surface area (Å²) in [6.07, 6.45) is -0.666. The number of rotatable bonds is 0. The van der Waals surface area contributed by atoms with Gasteiger partial charge in [0.25, 0.3) is 0 Å². The van der Waals surface area contributed by atoms with Crippen molar-refractivity contribution >= 4 is 0 Å². The average molecular weight is 230 g/mol. The average Bonchev–Trinajstić information content (AvgIpc) is 2.57. The molecule has 0 aliphatic carbocycles. The van der Waals surface area contributed by atoms with Crippen LogP contribution in [0, 0.1) is 0 Å². The molecule has 0 saturated carbocycles. The van der Waals surface area contributed by atoms with Gasteiger partial charge in [-0.1, -0.05) is 0 Å². The van der Waals surface area contributed by atoms with E-state index in [9.17, 15) is 0 Å². The third-order valence-electron chi connectivity index (χ3n) is 3.10. The molecule has 0 spiro atoms. The van der Waals surface area contributed by atoms with Crippen molar-refractivity contribution in [3.05, 3.63) is 0 Å². The van der Waals surface area contributed by atoms with Crippen LogP contribution in [0.1, 0.15) is 27.7 Å². The van der Waals surface area contributed by atoms with Gasteiger partial charge in [-0.15, -0.1) is 0 Å². The molecule has 0 bridgehead atoms. The van der Waals surface area contributed by atoms with E-state index in [0.29, 0.717) is 6.61 Å². The Balaban J connectivity index is 1.78. The quantitative estimate of drug-likeness (QED) is 0.621. The summed E-state index contributed by atoms with van der Waals surface area (Å²) >= 11 is 0. The normalized spacial score (nSPS) is 48.8. The van der Waals surface area contributed by atoms with Gasteiger partial charge in [-0.2, -0.15) is 0 Å². The van der Waals surface area contributed by atoms with Gasteiger partial charge in [-0.25, -0.2) is 0 Å². The molecule has 92 valence electrons. The smallest absolute Gasteiger partial charge is 0.190 e. The lowest BCUT2D eigenvalue weighted by molar-refractivity contribution is -0.319. The van der Waals surface area contributed by atoms with E-state index in [2.05, 4.69) is 0 Å². The number of hydrogen-bond donors (Lipinski definition) is 0. The zero-order chi connectivity index (χ0) is 11.6. The van der Waals surface area contributed by atoms with Gasteiger partial charge in [0, 0.05) is 0 Å². The van der Waals surface area contributed by atoms with Crippen LogP contribution in [0.5, 0.6) is 0 Å². The molecule has 16 heavy (non-hydrogen) atoms. The van der Waals surface area contributed by atoms with Crippen LogP contribution in [0.3, 0.4) is 0 Å². The van der Waals surface area contributed by atoms with Crippen LogP contribution >= 0.6 is 0 Å². The Kier molecular flexibility index (Phi) is 2.17. The monoisotopic (exact) mass is 230 g/mol. The Morgan fingerprint density at radius 1 is 0.875 bits per heavy atom. The molecule has 3 aliphatic rings. The molecule has 0 aromatic rings. The van der Waals surface area contributed by atoms with Crippen molar-refractivity contribution < 1.29 is 23.7 Å². The van der Waals surface area contributed by atoms with Crippen LogP contribution in [-0.2, 0) is 23.7 Å². The molecule has 0 N–H and O–H groups in total. The second-order valence-corrected chi connectivity index (χ2v) is 5.44. The van der Waals surface area contributed by atoms with Crippen LogP contribution in [0.4, 0.5) is 0 Å². The SMILES string of the molecule is CC1(C)OC[C@@H]2O[C@H]3OC(C)(C)O[C@H]3C2O1. The highest BCUT2D eigenvalue weighted by molar-refractivity contribution is 4.96. The molecule has 0 amide bonds. The molecule has 5 nitrogen and oxygen atoms in total. The van der Waals surface area contributed by atoms with Gasteiger partial charge in [-0.05, 0) is 27.7 Å². The molecule has 3 saturated heterocycles. The van der Waals surface area contributed by atoms with Crippen LogP contribution in [0.25, 0.3) is 0 Å². The van der Waals surface area contributed by atoms with Crippen molar-refractivity contribution in [1.82, 2.24) is 0 Å². The lowest BCUT2D eigenvalue weighted by atomic mass is 10.1. The predicted molar refractivity (Wildman–Crippen MR) is 53.6 cm³/mol. The molecule has 3 rings (SSSR count). The molecule has 3 fully saturated rings. The predicted octanol–water partition coefficient (Wildman–Crippen LogP) is 1.01. The summed E-state index contributed by atoms with van der Waals surface area (Å²) in [7, 11) is 0. The molecule has 1 unspecified atom stereocenters. The number of fused-ring (bicyclic) bond motifs is 3. The van der Waals surface area contributed by atoms with Gasteiger partial charge in [0.1, 0.15) is 18.3 Å². The van der Waals surface area contributed by atoms with E-state index in [0.717, 1.165) is 0 Å². The zero-order valence-electron chi connectivity index (χ0n) is 10.1. The number of ether oxygens (including phenoxy) is 5. The molecule has 0 radical (unpaired) electrons. The van der Waals surface area contributed by atoms with Gasteiger partial charge in [-0.3, -0.25) is 0 Å². The molecule has 3 aliphatic heterocycles. The van der Waals surface area contributed by atoms with Crippen molar-refractivity contribution in [3.63, 3.8) is 0 Å².